The van der Waals surface area contributed by atoms with Gasteiger partial charge < -0.3 is 26.8 Å². The Morgan fingerprint density at radius 3 is 2.50 bits per heavy atom. The number of carbonyl (C=O) groups excluding carboxylic acids is 2. The van der Waals surface area contributed by atoms with Crippen LogP contribution in [0.3, 0.4) is 0 Å². The van der Waals surface area contributed by atoms with Crippen LogP contribution in [0.25, 0.3) is 11.2 Å². The maximum Gasteiger partial charge on any atom is 0.326 e. The summed E-state index contributed by atoms with van der Waals surface area (Å²) in [7, 11) is 1.83. The zero-order valence-electron chi connectivity index (χ0n) is 18.2. The van der Waals surface area contributed by atoms with E-state index in [1.807, 2.05) is 11.9 Å². The molecule has 1 amide bonds. The van der Waals surface area contributed by atoms with Gasteiger partial charge in [0.25, 0.3) is 5.91 Å². The number of benzene rings is 1. The Bertz CT molecular complexity index is 1220. The Morgan fingerprint density at radius 2 is 1.85 bits per heavy atom. The van der Waals surface area contributed by atoms with Crippen LogP contribution in [-0.4, -0.2) is 61.7 Å². The van der Waals surface area contributed by atoms with Crippen LogP contribution >= 0.6 is 11.6 Å². The summed E-state index contributed by atoms with van der Waals surface area (Å²) >= 11 is 5.43. The Hall–Kier alpha value is -4.06. The van der Waals surface area contributed by atoms with Crippen molar-refractivity contribution in [3.63, 3.8) is 0 Å². The second-order valence-corrected chi connectivity index (χ2v) is 7.75. The lowest BCUT2D eigenvalue weighted by Crippen LogP contribution is -2.41. The molecule has 178 valence electrons. The summed E-state index contributed by atoms with van der Waals surface area (Å²) in [6.45, 7) is 0.383. The molecule has 0 aliphatic carbocycles. The van der Waals surface area contributed by atoms with E-state index in [1.165, 1.54) is 0 Å². The molecule has 3 rings (SSSR count). The Kier molecular flexibility index (Phi) is 7.74. The van der Waals surface area contributed by atoms with E-state index in [0.717, 1.165) is 5.69 Å². The maximum absolute atomic E-state index is 12.5. The molecule has 0 bridgehead atoms. The van der Waals surface area contributed by atoms with Crippen molar-refractivity contribution < 1.29 is 19.5 Å². The summed E-state index contributed by atoms with van der Waals surface area (Å²) in [4.78, 5) is 53.7. The number of nitrogens with zero attached hydrogens (tertiary/aromatic N) is 5. The zero-order chi connectivity index (χ0) is 24.8. The van der Waals surface area contributed by atoms with Crippen LogP contribution in [0, 0.1) is 0 Å². The molecule has 0 spiro atoms. The molecular formula is C21H23ClN8O4. The number of hydrogen-bond donors (Lipinski definition) is 4. The first-order chi connectivity index (χ1) is 16.2. The number of amides is 1. The molecule has 13 heteroatoms. The number of ketones is 1. The number of anilines is 3. The number of aromatic nitrogens is 4. The standard InChI is InChI=1S/C21H23ClN8O4/c1-30(10-12-9-25-18-16(26-12)17(23)28-21(24)29-18)13-4-2-11(3-5-13)19(32)27-15(20(33)34)7-6-14(31)8-22/h2-5,9,15H,6-8,10H2,1H3,(H,27,32)(H,33,34)(H4,23,24,25,28,29). The number of nitrogens with two attached hydrogens (primary N) is 2. The fourth-order valence-electron chi connectivity index (χ4n) is 3.13. The van der Waals surface area contributed by atoms with Gasteiger partial charge in [0.1, 0.15) is 11.8 Å². The molecule has 2 heterocycles. The van der Waals surface area contributed by atoms with Crippen LogP contribution in [0.2, 0.25) is 0 Å². The second-order valence-electron chi connectivity index (χ2n) is 7.48. The molecule has 1 unspecified atom stereocenters. The highest BCUT2D eigenvalue weighted by molar-refractivity contribution is 6.27. The molecule has 2 aromatic heterocycles. The van der Waals surface area contributed by atoms with E-state index in [1.54, 1.807) is 30.5 Å². The van der Waals surface area contributed by atoms with Crippen molar-refractivity contribution in [3.8, 4) is 0 Å². The van der Waals surface area contributed by atoms with Crippen molar-refractivity contribution in [2.75, 3.05) is 29.3 Å². The molecule has 0 aliphatic heterocycles. The summed E-state index contributed by atoms with van der Waals surface area (Å²) in [5, 5.41) is 11.7. The van der Waals surface area contributed by atoms with Gasteiger partial charge in [0.15, 0.2) is 17.0 Å². The third-order valence-electron chi connectivity index (χ3n) is 4.93. The second kappa shape index (κ2) is 10.7. The van der Waals surface area contributed by atoms with E-state index < -0.39 is 17.9 Å². The molecular weight excluding hydrogens is 464 g/mol. The number of alkyl halides is 1. The third-order valence-corrected chi connectivity index (χ3v) is 5.23. The van der Waals surface area contributed by atoms with E-state index in [4.69, 9.17) is 23.1 Å². The van der Waals surface area contributed by atoms with E-state index in [-0.39, 0.29) is 41.8 Å². The quantitative estimate of drug-likeness (QED) is 0.299. The molecule has 0 radical (unpaired) electrons. The summed E-state index contributed by atoms with van der Waals surface area (Å²) < 4.78 is 0. The van der Waals surface area contributed by atoms with Gasteiger partial charge in [0.05, 0.1) is 24.3 Å². The smallest absolute Gasteiger partial charge is 0.326 e. The minimum atomic E-state index is -1.22. The van der Waals surface area contributed by atoms with Crippen molar-refractivity contribution >= 4 is 57.9 Å². The molecule has 34 heavy (non-hydrogen) atoms. The van der Waals surface area contributed by atoms with Crippen molar-refractivity contribution in [1.82, 2.24) is 25.3 Å². The molecule has 0 fully saturated rings. The van der Waals surface area contributed by atoms with Gasteiger partial charge in [0.2, 0.25) is 5.95 Å². The lowest BCUT2D eigenvalue weighted by molar-refractivity contribution is -0.139. The fourth-order valence-corrected chi connectivity index (χ4v) is 3.27. The minimum absolute atomic E-state index is 0.0201. The topological polar surface area (TPSA) is 190 Å². The van der Waals surface area contributed by atoms with Crippen LogP contribution < -0.4 is 21.7 Å². The number of fused-ring (bicyclic) bond motifs is 1. The minimum Gasteiger partial charge on any atom is -0.480 e. The highest BCUT2D eigenvalue weighted by Gasteiger charge is 2.21. The number of carboxylic acids is 1. The van der Waals surface area contributed by atoms with Gasteiger partial charge in [-0.05, 0) is 30.7 Å². The molecule has 3 aromatic rings. The predicted molar refractivity (Wildman–Crippen MR) is 126 cm³/mol. The Balaban J connectivity index is 1.66. The number of carbonyl (C=O) groups is 3. The normalized spacial score (nSPS) is 11.7. The molecule has 6 N–H and O–H groups in total. The number of rotatable bonds is 10. The largest absolute Gasteiger partial charge is 0.480 e. The summed E-state index contributed by atoms with van der Waals surface area (Å²) in [5.41, 5.74) is 13.8. The summed E-state index contributed by atoms with van der Waals surface area (Å²) in [6, 6.07) is 5.39. The van der Waals surface area contributed by atoms with Crippen molar-refractivity contribution in [3.05, 3.63) is 41.7 Å². The van der Waals surface area contributed by atoms with Crippen LogP contribution in [0.4, 0.5) is 17.5 Å². The Morgan fingerprint density at radius 1 is 1.15 bits per heavy atom. The summed E-state index contributed by atoms with van der Waals surface area (Å²) in [6.07, 6.45) is 1.49. The average molecular weight is 487 g/mol. The maximum atomic E-state index is 12.5. The zero-order valence-corrected chi connectivity index (χ0v) is 19.0. The highest BCUT2D eigenvalue weighted by Crippen LogP contribution is 2.19. The monoisotopic (exact) mass is 486 g/mol. The molecule has 1 atom stereocenters. The van der Waals surface area contributed by atoms with Gasteiger partial charge in [0, 0.05) is 24.7 Å². The molecule has 0 saturated carbocycles. The Labute approximate surface area is 199 Å². The van der Waals surface area contributed by atoms with Crippen molar-refractivity contribution in [2.24, 2.45) is 0 Å². The van der Waals surface area contributed by atoms with E-state index in [9.17, 15) is 19.5 Å². The molecule has 0 aliphatic rings. The van der Waals surface area contributed by atoms with Crippen LogP contribution in [0.5, 0.6) is 0 Å². The van der Waals surface area contributed by atoms with E-state index in [2.05, 4.69) is 25.3 Å². The van der Waals surface area contributed by atoms with Gasteiger partial charge in [-0.2, -0.15) is 9.97 Å². The number of nitrogens with one attached hydrogen (secondary N) is 1. The number of hydrogen-bond acceptors (Lipinski definition) is 10. The number of halogens is 1. The molecule has 1 aromatic carbocycles. The molecule has 0 saturated heterocycles. The van der Waals surface area contributed by atoms with E-state index in [0.29, 0.717) is 23.4 Å². The van der Waals surface area contributed by atoms with Crippen LogP contribution in [0.1, 0.15) is 28.9 Å². The third kappa shape index (κ3) is 6.04. The number of Topliss-reactive ketones (excluding diaryl/α,β-unsaturated/α-hetero) is 1. The number of aliphatic carboxylic acids is 1. The van der Waals surface area contributed by atoms with Gasteiger partial charge >= 0.3 is 5.97 Å². The van der Waals surface area contributed by atoms with Gasteiger partial charge in [-0.15, -0.1) is 11.6 Å². The van der Waals surface area contributed by atoms with Crippen molar-refractivity contribution in [2.45, 2.75) is 25.4 Å². The van der Waals surface area contributed by atoms with Crippen LogP contribution in [0.15, 0.2) is 30.5 Å². The average Bonchev–Trinajstić information content (AvgIpc) is 2.81. The van der Waals surface area contributed by atoms with Gasteiger partial charge in [-0.3, -0.25) is 9.59 Å². The first kappa shape index (κ1) is 24.6. The fraction of sp³-hybridized carbons (Fsp3) is 0.286. The summed E-state index contributed by atoms with van der Waals surface area (Å²) in [5.74, 6) is -2.11. The lowest BCUT2D eigenvalue weighted by atomic mass is 10.1. The SMILES string of the molecule is CN(Cc1cnc2nc(N)nc(N)c2n1)c1ccc(C(=O)NC(CCC(=O)CCl)C(=O)O)cc1. The first-order valence-electron chi connectivity index (χ1n) is 10.1. The lowest BCUT2D eigenvalue weighted by Gasteiger charge is -2.19. The van der Waals surface area contributed by atoms with Gasteiger partial charge in [-0.25, -0.2) is 14.8 Å². The predicted octanol–water partition coefficient (Wildman–Crippen LogP) is 0.992. The van der Waals surface area contributed by atoms with Crippen molar-refractivity contribution in [1.29, 1.82) is 0 Å². The highest BCUT2D eigenvalue weighted by atomic mass is 35.5. The molecule has 12 nitrogen and oxygen atoms in total. The van der Waals surface area contributed by atoms with Gasteiger partial charge in [-0.1, -0.05) is 0 Å². The van der Waals surface area contributed by atoms with E-state index >= 15 is 0 Å². The number of carboxylic acid groups (broad SMARTS) is 1. The number of nitrogen functional groups attached to an aromatic ring is 2. The first-order valence-corrected chi connectivity index (χ1v) is 10.7. The van der Waals surface area contributed by atoms with Crippen LogP contribution in [-0.2, 0) is 16.1 Å².